The molecular formula is C19H18O7. The standard InChI is InChI=1S/C19H18O7/c1-4-24-15-10-14-17(18(21)19(15)23-3)13(20)9-16(26-14)25-12-7-5-11(22-2)6-8-12/h5-10,21H,4H2,1-3H3. The van der Waals surface area contributed by atoms with E-state index in [-0.39, 0.29) is 34.2 Å². The lowest BCUT2D eigenvalue weighted by molar-refractivity contribution is 0.300. The van der Waals surface area contributed by atoms with E-state index < -0.39 is 5.43 Å². The van der Waals surface area contributed by atoms with Crippen molar-refractivity contribution in [2.75, 3.05) is 20.8 Å². The van der Waals surface area contributed by atoms with Gasteiger partial charge in [-0.25, -0.2) is 0 Å². The highest BCUT2D eigenvalue weighted by atomic mass is 16.6. The average molecular weight is 358 g/mol. The molecule has 0 aliphatic carbocycles. The van der Waals surface area contributed by atoms with Crippen LogP contribution in [0.2, 0.25) is 0 Å². The molecule has 0 saturated carbocycles. The molecule has 0 amide bonds. The number of benzene rings is 2. The Morgan fingerprint density at radius 3 is 2.35 bits per heavy atom. The lowest BCUT2D eigenvalue weighted by atomic mass is 10.2. The van der Waals surface area contributed by atoms with Gasteiger partial charge in [0.2, 0.25) is 11.2 Å². The van der Waals surface area contributed by atoms with Crippen LogP contribution in [0.25, 0.3) is 11.0 Å². The number of hydrogen-bond donors (Lipinski definition) is 1. The van der Waals surface area contributed by atoms with Gasteiger partial charge in [0.15, 0.2) is 11.5 Å². The molecule has 0 spiro atoms. The molecule has 26 heavy (non-hydrogen) atoms. The minimum absolute atomic E-state index is 0.00705. The summed E-state index contributed by atoms with van der Waals surface area (Å²) in [6.07, 6.45) is 0. The molecule has 0 atom stereocenters. The SMILES string of the molecule is CCOc1cc2oc(Oc3ccc(OC)cc3)cc(=O)c2c(O)c1OC. The molecule has 2 aromatic carbocycles. The summed E-state index contributed by atoms with van der Waals surface area (Å²) in [7, 11) is 2.95. The average Bonchev–Trinajstić information content (AvgIpc) is 2.62. The second-order valence-electron chi connectivity index (χ2n) is 5.27. The minimum atomic E-state index is -0.464. The lowest BCUT2D eigenvalue weighted by Crippen LogP contribution is -2.03. The van der Waals surface area contributed by atoms with E-state index in [4.69, 9.17) is 23.4 Å². The number of methoxy groups -OCH3 is 2. The molecule has 0 saturated heterocycles. The van der Waals surface area contributed by atoms with Crippen LogP contribution in [0.15, 0.2) is 45.6 Å². The Hall–Kier alpha value is -3.35. The second kappa shape index (κ2) is 7.26. The molecular weight excluding hydrogens is 340 g/mol. The van der Waals surface area contributed by atoms with Crippen LogP contribution in [0.4, 0.5) is 0 Å². The van der Waals surface area contributed by atoms with Crippen molar-refractivity contribution >= 4 is 11.0 Å². The fourth-order valence-electron chi connectivity index (χ4n) is 2.51. The number of rotatable bonds is 6. The summed E-state index contributed by atoms with van der Waals surface area (Å²) < 4.78 is 26.9. The van der Waals surface area contributed by atoms with Gasteiger partial charge < -0.3 is 28.5 Å². The Bertz CT molecular complexity index is 974. The van der Waals surface area contributed by atoms with E-state index in [1.807, 2.05) is 0 Å². The molecule has 1 N–H and O–H groups in total. The molecule has 7 nitrogen and oxygen atoms in total. The Balaban J connectivity index is 2.06. The monoisotopic (exact) mass is 358 g/mol. The number of phenolic OH excluding ortho intramolecular Hbond substituents is 1. The number of hydrogen-bond acceptors (Lipinski definition) is 7. The zero-order valence-electron chi connectivity index (χ0n) is 14.6. The summed E-state index contributed by atoms with van der Waals surface area (Å²) in [5.74, 6) is 1.14. The summed E-state index contributed by atoms with van der Waals surface area (Å²) in [6.45, 7) is 2.15. The third-order valence-electron chi connectivity index (χ3n) is 3.67. The van der Waals surface area contributed by atoms with Crippen molar-refractivity contribution in [3.8, 4) is 34.7 Å². The molecule has 1 heterocycles. The fourth-order valence-corrected chi connectivity index (χ4v) is 2.51. The molecule has 0 unspecified atom stereocenters. The first-order valence-electron chi connectivity index (χ1n) is 7.89. The molecule has 1 aromatic heterocycles. The zero-order chi connectivity index (χ0) is 18.7. The van der Waals surface area contributed by atoms with Gasteiger partial charge in [0.05, 0.1) is 26.9 Å². The summed E-state index contributed by atoms with van der Waals surface area (Å²) in [5, 5.41) is 10.3. The number of aromatic hydroxyl groups is 1. The smallest absolute Gasteiger partial charge is 0.294 e. The van der Waals surface area contributed by atoms with Gasteiger partial charge in [-0.3, -0.25) is 4.79 Å². The Labute approximate surface area is 149 Å². The number of fused-ring (bicyclic) bond motifs is 1. The van der Waals surface area contributed by atoms with Crippen molar-refractivity contribution in [2.45, 2.75) is 6.92 Å². The van der Waals surface area contributed by atoms with Crippen LogP contribution in [0.5, 0.6) is 34.7 Å². The van der Waals surface area contributed by atoms with E-state index in [2.05, 4.69) is 0 Å². The van der Waals surface area contributed by atoms with Gasteiger partial charge >= 0.3 is 0 Å². The number of ether oxygens (including phenoxy) is 4. The second-order valence-corrected chi connectivity index (χ2v) is 5.27. The lowest BCUT2D eigenvalue weighted by Gasteiger charge is -2.13. The third kappa shape index (κ3) is 3.23. The van der Waals surface area contributed by atoms with Crippen LogP contribution in [0.3, 0.4) is 0 Å². The summed E-state index contributed by atoms with van der Waals surface area (Å²) >= 11 is 0. The van der Waals surface area contributed by atoms with Crippen LogP contribution in [-0.4, -0.2) is 25.9 Å². The highest BCUT2D eigenvalue weighted by Gasteiger charge is 2.19. The van der Waals surface area contributed by atoms with E-state index >= 15 is 0 Å². The van der Waals surface area contributed by atoms with Gasteiger partial charge in [-0.05, 0) is 31.2 Å². The van der Waals surface area contributed by atoms with Crippen LogP contribution in [-0.2, 0) is 0 Å². The molecule has 0 fully saturated rings. The molecule has 7 heteroatoms. The predicted molar refractivity (Wildman–Crippen MR) is 94.9 cm³/mol. The van der Waals surface area contributed by atoms with Gasteiger partial charge in [0.25, 0.3) is 5.95 Å². The molecule has 0 aliphatic rings. The van der Waals surface area contributed by atoms with E-state index in [0.29, 0.717) is 18.1 Å². The highest BCUT2D eigenvalue weighted by molar-refractivity contribution is 5.88. The Kier molecular flexibility index (Phi) is 4.88. The maximum atomic E-state index is 12.4. The Morgan fingerprint density at radius 1 is 1.04 bits per heavy atom. The first-order valence-corrected chi connectivity index (χ1v) is 7.89. The molecule has 0 radical (unpaired) electrons. The maximum absolute atomic E-state index is 12.4. The predicted octanol–water partition coefficient (Wildman–Crippen LogP) is 3.71. The first-order chi connectivity index (χ1) is 12.6. The van der Waals surface area contributed by atoms with Crippen molar-refractivity contribution in [2.24, 2.45) is 0 Å². The quantitative estimate of drug-likeness (QED) is 0.719. The van der Waals surface area contributed by atoms with Gasteiger partial charge in [-0.15, -0.1) is 0 Å². The molecule has 3 aromatic rings. The topological polar surface area (TPSA) is 87.4 Å². The van der Waals surface area contributed by atoms with E-state index in [1.54, 1.807) is 38.3 Å². The van der Waals surface area contributed by atoms with E-state index in [0.717, 1.165) is 6.07 Å². The molecule has 3 rings (SSSR count). The first kappa shape index (κ1) is 17.5. The van der Waals surface area contributed by atoms with E-state index in [9.17, 15) is 9.90 Å². The van der Waals surface area contributed by atoms with Crippen molar-refractivity contribution in [1.29, 1.82) is 0 Å². The van der Waals surface area contributed by atoms with Crippen LogP contribution in [0.1, 0.15) is 6.92 Å². The third-order valence-corrected chi connectivity index (χ3v) is 3.67. The van der Waals surface area contributed by atoms with Crippen LogP contribution in [0, 0.1) is 0 Å². The van der Waals surface area contributed by atoms with E-state index in [1.165, 1.54) is 13.2 Å². The zero-order valence-corrected chi connectivity index (χ0v) is 14.6. The largest absolute Gasteiger partial charge is 0.504 e. The summed E-state index contributed by atoms with van der Waals surface area (Å²) in [5.41, 5.74) is -0.337. The number of phenols is 1. The highest BCUT2D eigenvalue weighted by Crippen LogP contribution is 2.42. The minimum Gasteiger partial charge on any atom is -0.504 e. The molecule has 0 aliphatic heterocycles. The van der Waals surface area contributed by atoms with Crippen molar-refractivity contribution < 1.29 is 28.5 Å². The maximum Gasteiger partial charge on any atom is 0.294 e. The van der Waals surface area contributed by atoms with Crippen molar-refractivity contribution in [3.63, 3.8) is 0 Å². The van der Waals surface area contributed by atoms with Gasteiger partial charge in [0, 0.05) is 6.07 Å². The van der Waals surface area contributed by atoms with Gasteiger partial charge in [-0.1, -0.05) is 0 Å². The normalized spacial score (nSPS) is 10.6. The Morgan fingerprint density at radius 2 is 1.73 bits per heavy atom. The fraction of sp³-hybridized carbons (Fsp3) is 0.211. The molecule has 0 bridgehead atoms. The van der Waals surface area contributed by atoms with Crippen molar-refractivity contribution in [1.82, 2.24) is 0 Å². The summed E-state index contributed by atoms with van der Waals surface area (Å²) in [6, 6.07) is 9.45. The summed E-state index contributed by atoms with van der Waals surface area (Å²) in [4.78, 5) is 12.4. The van der Waals surface area contributed by atoms with Crippen LogP contribution < -0.4 is 24.4 Å². The van der Waals surface area contributed by atoms with Gasteiger partial charge in [0.1, 0.15) is 22.5 Å². The van der Waals surface area contributed by atoms with Gasteiger partial charge in [-0.2, -0.15) is 0 Å². The van der Waals surface area contributed by atoms with Crippen molar-refractivity contribution in [3.05, 3.63) is 46.6 Å². The van der Waals surface area contributed by atoms with Crippen LogP contribution >= 0.6 is 0 Å². The molecule has 136 valence electrons.